The summed E-state index contributed by atoms with van der Waals surface area (Å²) in [5.74, 6) is -3.92. The van der Waals surface area contributed by atoms with Gasteiger partial charge in [0.25, 0.3) is 18.2 Å². The van der Waals surface area contributed by atoms with Crippen LogP contribution in [0.15, 0.2) is 48.5 Å². The quantitative estimate of drug-likeness (QED) is 0.206. The Morgan fingerprint density at radius 3 is 2.27 bits per heavy atom. The first-order valence-electron chi connectivity index (χ1n) is 20.0. The number of para-hydroxylation sites is 1. The van der Waals surface area contributed by atoms with Crippen molar-refractivity contribution in [2.45, 2.75) is 70.2 Å². The molecule has 0 bridgehead atoms. The Balaban J connectivity index is 0.790. The lowest BCUT2D eigenvalue weighted by Crippen LogP contribution is -2.58. The molecule has 3 saturated heterocycles. The smallest absolute Gasteiger partial charge is 0.262 e. The van der Waals surface area contributed by atoms with E-state index in [2.05, 4.69) is 10.3 Å². The van der Waals surface area contributed by atoms with E-state index in [4.69, 9.17) is 0 Å². The van der Waals surface area contributed by atoms with E-state index >= 15 is 8.78 Å². The van der Waals surface area contributed by atoms with Gasteiger partial charge in [0.05, 0.1) is 30.3 Å². The Morgan fingerprint density at radius 2 is 1.61 bits per heavy atom. The topological polar surface area (TPSA) is 129 Å². The number of benzene rings is 3. The summed E-state index contributed by atoms with van der Waals surface area (Å²) in [5, 5.41) is 3.11. The Morgan fingerprint density at radius 1 is 0.932 bits per heavy atom. The number of imide groups is 2. The van der Waals surface area contributed by atoms with Crippen molar-refractivity contribution in [1.82, 2.24) is 29.9 Å². The molecule has 0 saturated carbocycles. The molecule has 12 nitrogen and oxygen atoms in total. The largest absolute Gasteiger partial charge is 0.370 e. The molecule has 6 aliphatic heterocycles. The van der Waals surface area contributed by atoms with Crippen LogP contribution in [-0.4, -0.2) is 112 Å². The summed E-state index contributed by atoms with van der Waals surface area (Å²) >= 11 is 0. The highest BCUT2D eigenvalue weighted by Crippen LogP contribution is 2.46. The molecular weight excluding hydrogens is 771 g/mol. The SMILES string of the molecule is C[C@@H]1Cc2c([nH]c3ccccc23)[C@@H](c2c(F)cc(N3CC4(CCN(C(=O)CN5Cc6cc7c(cc6C5)C(=O)N(C5CCC(=O)NC5=O)C7=O)C4)C3)cc2F)N1CC(F)F. The van der Waals surface area contributed by atoms with E-state index in [1.165, 1.54) is 17.0 Å². The molecule has 2 N–H and O–H groups in total. The molecule has 0 aliphatic carbocycles. The standard InChI is InChI=1S/C43H41F4N7O5/c1-22-10-27-26-4-2-3-5-32(26)48-38(27)39(53(22)17-34(46)47)37-30(44)13-25(14-31(37)45)52-20-43(21-52)8-9-51(19-43)36(56)18-50-15-23-11-28-29(12-24(23)16-50)42(59)54(41(28)58)33-6-7-35(55)49-40(33)57/h2-5,11-14,22,33-34,39,48H,6-10,15-21H2,1H3,(H,49,55,57)/t22-,33?,39-/m1/s1. The van der Waals surface area contributed by atoms with E-state index in [9.17, 15) is 32.8 Å². The van der Waals surface area contributed by atoms with E-state index in [1.54, 1.807) is 12.1 Å². The zero-order valence-electron chi connectivity index (χ0n) is 32.2. The number of halogens is 4. The summed E-state index contributed by atoms with van der Waals surface area (Å²) in [6.45, 7) is 4.12. The van der Waals surface area contributed by atoms with E-state index in [0.717, 1.165) is 38.9 Å². The second-order valence-electron chi connectivity index (χ2n) is 17.1. The summed E-state index contributed by atoms with van der Waals surface area (Å²) in [5.41, 5.74) is 4.10. The molecule has 5 amide bonds. The number of rotatable bonds is 7. The molecule has 0 radical (unpaired) electrons. The third kappa shape index (κ3) is 6.12. The molecule has 4 aromatic rings. The number of carbonyl (C=O) groups is 5. The summed E-state index contributed by atoms with van der Waals surface area (Å²) < 4.78 is 60.3. The van der Waals surface area contributed by atoms with Gasteiger partial charge in [0.15, 0.2) is 0 Å². The fourth-order valence-electron chi connectivity index (χ4n) is 10.5. The second kappa shape index (κ2) is 13.7. The van der Waals surface area contributed by atoms with Gasteiger partial charge < -0.3 is 14.8 Å². The number of carbonyl (C=O) groups excluding carboxylic acids is 5. The van der Waals surface area contributed by atoms with E-state index < -0.39 is 60.3 Å². The van der Waals surface area contributed by atoms with E-state index in [-0.39, 0.29) is 53.4 Å². The summed E-state index contributed by atoms with van der Waals surface area (Å²) in [6.07, 6.45) is -1.39. The Hall–Kier alpha value is -5.61. The summed E-state index contributed by atoms with van der Waals surface area (Å²) in [4.78, 5) is 75.7. The molecule has 6 aliphatic rings. The fourth-order valence-corrected chi connectivity index (χ4v) is 10.5. The minimum Gasteiger partial charge on any atom is -0.370 e. The predicted molar refractivity (Wildman–Crippen MR) is 205 cm³/mol. The van der Waals surface area contributed by atoms with Crippen LogP contribution in [0.4, 0.5) is 23.2 Å². The number of aromatic nitrogens is 1. The molecule has 59 heavy (non-hydrogen) atoms. The predicted octanol–water partition coefficient (Wildman–Crippen LogP) is 4.50. The van der Waals surface area contributed by atoms with Gasteiger partial charge in [0.1, 0.15) is 17.7 Å². The first-order valence-corrected chi connectivity index (χ1v) is 20.0. The minimum absolute atomic E-state index is 0.0371. The molecule has 3 aromatic carbocycles. The molecule has 10 rings (SSSR count). The first kappa shape index (κ1) is 37.6. The van der Waals surface area contributed by atoms with Crippen LogP contribution in [0.1, 0.15) is 80.9 Å². The minimum atomic E-state index is -2.69. The Labute approximate surface area is 336 Å². The van der Waals surface area contributed by atoms with Crippen molar-refractivity contribution in [3.63, 3.8) is 0 Å². The Kier molecular flexibility index (Phi) is 8.76. The number of nitrogens with zero attached hydrogens (tertiary/aromatic N) is 5. The van der Waals surface area contributed by atoms with Crippen molar-refractivity contribution in [1.29, 1.82) is 0 Å². The van der Waals surface area contributed by atoms with Crippen LogP contribution in [0, 0.1) is 17.0 Å². The third-order valence-electron chi connectivity index (χ3n) is 13.3. The third-order valence-corrected chi connectivity index (χ3v) is 13.3. The van der Waals surface area contributed by atoms with Crippen molar-refractivity contribution >= 4 is 46.1 Å². The van der Waals surface area contributed by atoms with Gasteiger partial charge in [-0.3, -0.25) is 44.0 Å². The maximum absolute atomic E-state index is 16.2. The van der Waals surface area contributed by atoms with Crippen LogP contribution in [0.2, 0.25) is 0 Å². The monoisotopic (exact) mass is 811 g/mol. The van der Waals surface area contributed by atoms with Crippen LogP contribution >= 0.6 is 0 Å². The average molecular weight is 812 g/mol. The lowest BCUT2D eigenvalue weighted by atomic mass is 9.78. The van der Waals surface area contributed by atoms with Crippen molar-refractivity contribution in [3.05, 3.63) is 99.2 Å². The summed E-state index contributed by atoms with van der Waals surface area (Å²) in [6, 6.07) is 11.0. The molecule has 1 aromatic heterocycles. The maximum Gasteiger partial charge on any atom is 0.262 e. The normalized spacial score (nSPS) is 24.0. The first-order chi connectivity index (χ1) is 28.3. The van der Waals surface area contributed by atoms with Crippen molar-refractivity contribution in [2.75, 3.05) is 44.2 Å². The van der Waals surface area contributed by atoms with Gasteiger partial charge in [-0.15, -0.1) is 0 Å². The van der Waals surface area contributed by atoms with Crippen molar-refractivity contribution < 1.29 is 41.5 Å². The van der Waals surface area contributed by atoms with Crippen molar-refractivity contribution in [2.24, 2.45) is 5.41 Å². The molecule has 3 atom stereocenters. The van der Waals surface area contributed by atoms with Crippen molar-refractivity contribution in [3.8, 4) is 0 Å². The highest BCUT2D eigenvalue weighted by molar-refractivity contribution is 6.23. The van der Waals surface area contributed by atoms with Crippen LogP contribution in [0.3, 0.4) is 0 Å². The van der Waals surface area contributed by atoms with Gasteiger partial charge in [-0.1, -0.05) is 18.2 Å². The van der Waals surface area contributed by atoms with E-state index in [1.807, 2.05) is 45.9 Å². The zero-order chi connectivity index (χ0) is 41.1. The summed E-state index contributed by atoms with van der Waals surface area (Å²) in [7, 11) is 0. The number of fused-ring (bicyclic) bond motifs is 5. The molecule has 1 unspecified atom stereocenters. The van der Waals surface area contributed by atoms with Gasteiger partial charge >= 0.3 is 0 Å². The molecule has 7 heterocycles. The lowest BCUT2D eigenvalue weighted by molar-refractivity contribution is -0.136. The number of hydrogen-bond acceptors (Lipinski definition) is 8. The van der Waals surface area contributed by atoms with Crippen LogP contribution < -0.4 is 10.2 Å². The number of hydrogen-bond donors (Lipinski definition) is 2. The Bertz CT molecular complexity index is 2430. The molecular formula is C43H41F4N7O5. The molecule has 16 heteroatoms. The average Bonchev–Trinajstić information content (AvgIpc) is 3.94. The van der Waals surface area contributed by atoms with Gasteiger partial charge in [0.2, 0.25) is 17.7 Å². The fraction of sp³-hybridized carbons (Fsp3) is 0.419. The number of H-pyrrole nitrogens is 1. The second-order valence-corrected chi connectivity index (χ2v) is 17.1. The molecule has 3 fully saturated rings. The van der Waals surface area contributed by atoms with Gasteiger partial charge in [0, 0.05) is 85.0 Å². The van der Waals surface area contributed by atoms with Crippen LogP contribution in [-0.2, 0) is 33.9 Å². The maximum atomic E-state index is 16.2. The number of piperidine rings is 1. The number of aromatic amines is 1. The number of likely N-dealkylation sites (tertiary alicyclic amines) is 1. The van der Waals surface area contributed by atoms with E-state index in [0.29, 0.717) is 57.1 Å². The molecule has 306 valence electrons. The van der Waals surface area contributed by atoms with Crippen LogP contribution in [0.25, 0.3) is 10.9 Å². The van der Waals surface area contributed by atoms with Gasteiger partial charge in [-0.25, -0.2) is 17.6 Å². The number of anilines is 1. The lowest BCUT2D eigenvalue weighted by Gasteiger charge is -2.49. The highest BCUT2D eigenvalue weighted by Gasteiger charge is 2.50. The zero-order valence-corrected chi connectivity index (χ0v) is 32.2. The molecule has 1 spiro atoms. The van der Waals surface area contributed by atoms with Gasteiger partial charge in [-0.2, -0.15) is 0 Å². The number of nitrogens with one attached hydrogen (secondary N) is 2. The van der Waals surface area contributed by atoms with Crippen LogP contribution in [0.5, 0.6) is 0 Å². The number of alkyl halides is 2. The van der Waals surface area contributed by atoms with Gasteiger partial charge in [-0.05, 0) is 73.2 Å². The highest BCUT2D eigenvalue weighted by atomic mass is 19.3. The number of amides is 5.